The number of ether oxygens (including phenoxy) is 2. The predicted molar refractivity (Wildman–Crippen MR) is 96.5 cm³/mol. The molecule has 0 aliphatic rings. The van der Waals surface area contributed by atoms with Gasteiger partial charge >= 0.3 is 6.03 Å². The van der Waals surface area contributed by atoms with E-state index in [1.165, 1.54) is 4.90 Å². The Morgan fingerprint density at radius 2 is 1.75 bits per heavy atom. The van der Waals surface area contributed by atoms with Crippen LogP contribution in [0.3, 0.4) is 0 Å². The number of rotatable bonds is 5. The molecule has 0 radical (unpaired) electrons. The van der Waals surface area contributed by atoms with Crippen LogP contribution in [0.1, 0.15) is 5.56 Å². The molecule has 0 heterocycles. The first-order valence-electron chi connectivity index (χ1n) is 7.12. The molecule has 7 heteroatoms. The molecule has 0 saturated heterocycles. The Bertz CT molecular complexity index is 716. The second kappa shape index (κ2) is 8.13. The molecule has 0 spiro atoms. The summed E-state index contributed by atoms with van der Waals surface area (Å²) in [6, 6.07) is 10.2. The second-order valence-electron chi connectivity index (χ2n) is 5.10. The number of halogens is 2. The van der Waals surface area contributed by atoms with Gasteiger partial charge in [0, 0.05) is 37.5 Å². The molecule has 128 valence electrons. The zero-order valence-electron chi connectivity index (χ0n) is 13.6. The van der Waals surface area contributed by atoms with Crippen LogP contribution in [-0.4, -0.2) is 32.2 Å². The quantitative estimate of drug-likeness (QED) is 0.833. The van der Waals surface area contributed by atoms with E-state index in [-0.39, 0.29) is 6.03 Å². The summed E-state index contributed by atoms with van der Waals surface area (Å²) in [5, 5.41) is 3.70. The van der Waals surface area contributed by atoms with E-state index in [0.29, 0.717) is 33.8 Å². The number of hydrogen-bond donors (Lipinski definition) is 1. The van der Waals surface area contributed by atoms with Gasteiger partial charge in [-0.25, -0.2) is 4.79 Å². The maximum absolute atomic E-state index is 12.4. The number of benzene rings is 2. The summed E-state index contributed by atoms with van der Waals surface area (Å²) in [6.07, 6.45) is 0. The van der Waals surface area contributed by atoms with E-state index in [1.54, 1.807) is 51.6 Å². The van der Waals surface area contributed by atoms with Gasteiger partial charge in [-0.15, -0.1) is 0 Å². The van der Waals surface area contributed by atoms with Gasteiger partial charge in [-0.2, -0.15) is 0 Å². The first kappa shape index (κ1) is 18.2. The van der Waals surface area contributed by atoms with Gasteiger partial charge in [0.05, 0.1) is 24.3 Å². The molecule has 2 aromatic rings. The molecule has 2 amide bonds. The fourth-order valence-electron chi connectivity index (χ4n) is 2.10. The number of nitrogens with zero attached hydrogens (tertiary/aromatic N) is 1. The number of carbonyl (C=O) groups excluding carboxylic acids is 1. The highest BCUT2D eigenvalue weighted by atomic mass is 35.5. The third-order valence-corrected chi connectivity index (χ3v) is 4.25. The number of amides is 2. The van der Waals surface area contributed by atoms with Crippen molar-refractivity contribution in [3.63, 3.8) is 0 Å². The van der Waals surface area contributed by atoms with Crippen LogP contribution in [0.15, 0.2) is 36.4 Å². The number of hydrogen-bond acceptors (Lipinski definition) is 3. The zero-order valence-corrected chi connectivity index (χ0v) is 15.1. The molecule has 0 unspecified atom stereocenters. The number of carbonyl (C=O) groups is 1. The fourth-order valence-corrected chi connectivity index (χ4v) is 2.48. The minimum atomic E-state index is -0.290. The monoisotopic (exact) mass is 368 g/mol. The third-order valence-electron chi connectivity index (χ3n) is 3.39. The zero-order chi connectivity index (χ0) is 17.7. The van der Waals surface area contributed by atoms with Crippen molar-refractivity contribution in [3.05, 3.63) is 52.0 Å². The number of nitrogens with one attached hydrogen (secondary N) is 1. The molecule has 1 N–H and O–H groups in total. The van der Waals surface area contributed by atoms with Crippen molar-refractivity contribution in [2.24, 2.45) is 0 Å². The van der Waals surface area contributed by atoms with Crippen molar-refractivity contribution in [1.82, 2.24) is 4.90 Å². The highest BCUT2D eigenvalue weighted by Crippen LogP contribution is 2.27. The van der Waals surface area contributed by atoms with Crippen LogP contribution < -0.4 is 14.8 Å². The van der Waals surface area contributed by atoms with Crippen LogP contribution in [0.25, 0.3) is 0 Å². The standard InChI is InChI=1S/C17H18Cl2N2O3/c1-21(10-11-5-4-6-15(18)16(11)19)17(22)20-12-7-13(23-2)9-14(8-12)24-3/h4-9H,10H2,1-3H3,(H,20,22). The molecule has 0 atom stereocenters. The first-order chi connectivity index (χ1) is 11.4. The Labute approximate surface area is 151 Å². The van der Waals surface area contributed by atoms with Crippen molar-refractivity contribution in [2.45, 2.75) is 6.54 Å². The SMILES string of the molecule is COc1cc(NC(=O)N(C)Cc2cccc(Cl)c2Cl)cc(OC)c1. The van der Waals surface area contributed by atoms with E-state index in [2.05, 4.69) is 5.32 Å². The Morgan fingerprint density at radius 3 is 2.33 bits per heavy atom. The summed E-state index contributed by atoms with van der Waals surface area (Å²) in [5.74, 6) is 1.18. The molecule has 0 fully saturated rings. The molecule has 0 aliphatic heterocycles. The summed E-state index contributed by atoms with van der Waals surface area (Å²) in [4.78, 5) is 13.9. The topological polar surface area (TPSA) is 50.8 Å². The minimum absolute atomic E-state index is 0.290. The lowest BCUT2D eigenvalue weighted by Gasteiger charge is -2.19. The van der Waals surface area contributed by atoms with Gasteiger partial charge in [0.2, 0.25) is 0 Å². The highest BCUT2D eigenvalue weighted by Gasteiger charge is 2.13. The molecule has 2 rings (SSSR count). The second-order valence-corrected chi connectivity index (χ2v) is 5.89. The lowest BCUT2D eigenvalue weighted by Crippen LogP contribution is -2.31. The van der Waals surface area contributed by atoms with Crippen molar-refractivity contribution in [1.29, 1.82) is 0 Å². The van der Waals surface area contributed by atoms with Crippen LogP contribution in [0.5, 0.6) is 11.5 Å². The Morgan fingerprint density at radius 1 is 1.12 bits per heavy atom. The number of methoxy groups -OCH3 is 2. The highest BCUT2D eigenvalue weighted by molar-refractivity contribution is 6.42. The maximum Gasteiger partial charge on any atom is 0.321 e. The molecule has 0 aromatic heterocycles. The van der Waals surface area contributed by atoms with E-state index in [1.807, 2.05) is 6.07 Å². The maximum atomic E-state index is 12.4. The van der Waals surface area contributed by atoms with Crippen molar-refractivity contribution in [2.75, 3.05) is 26.6 Å². The van der Waals surface area contributed by atoms with E-state index in [9.17, 15) is 4.79 Å². The molecular weight excluding hydrogens is 351 g/mol. The van der Waals surface area contributed by atoms with Crippen LogP contribution in [0.2, 0.25) is 10.0 Å². The predicted octanol–water partition coefficient (Wildman–Crippen LogP) is 4.67. The van der Waals surface area contributed by atoms with Crippen LogP contribution in [0.4, 0.5) is 10.5 Å². The number of urea groups is 1. The van der Waals surface area contributed by atoms with E-state index >= 15 is 0 Å². The molecule has 0 saturated carbocycles. The Kier molecular flexibility index (Phi) is 6.17. The number of anilines is 1. The normalized spacial score (nSPS) is 10.2. The van der Waals surface area contributed by atoms with Crippen molar-refractivity contribution < 1.29 is 14.3 Å². The van der Waals surface area contributed by atoms with Gasteiger partial charge in [-0.1, -0.05) is 35.3 Å². The largest absolute Gasteiger partial charge is 0.497 e. The summed E-state index contributed by atoms with van der Waals surface area (Å²) >= 11 is 12.2. The van der Waals surface area contributed by atoms with E-state index < -0.39 is 0 Å². The van der Waals surface area contributed by atoms with Crippen molar-refractivity contribution in [3.8, 4) is 11.5 Å². The fraction of sp³-hybridized carbons (Fsp3) is 0.235. The lowest BCUT2D eigenvalue weighted by molar-refractivity contribution is 0.220. The average molecular weight is 369 g/mol. The van der Waals surface area contributed by atoms with Crippen LogP contribution in [-0.2, 0) is 6.54 Å². The summed E-state index contributed by atoms with van der Waals surface area (Å²) in [6.45, 7) is 0.326. The van der Waals surface area contributed by atoms with Gasteiger partial charge in [0.15, 0.2) is 0 Å². The molecule has 2 aromatic carbocycles. The van der Waals surface area contributed by atoms with Gasteiger partial charge in [-0.05, 0) is 11.6 Å². The van der Waals surface area contributed by atoms with Gasteiger partial charge in [0.25, 0.3) is 0 Å². The smallest absolute Gasteiger partial charge is 0.321 e. The van der Waals surface area contributed by atoms with Gasteiger partial charge in [0.1, 0.15) is 11.5 Å². The Hall–Kier alpha value is -2.11. The average Bonchev–Trinajstić information content (AvgIpc) is 2.58. The van der Waals surface area contributed by atoms with Crippen LogP contribution >= 0.6 is 23.2 Å². The van der Waals surface area contributed by atoms with Crippen molar-refractivity contribution >= 4 is 34.9 Å². The molecule has 24 heavy (non-hydrogen) atoms. The lowest BCUT2D eigenvalue weighted by atomic mass is 10.2. The third kappa shape index (κ3) is 4.46. The summed E-state index contributed by atoms with van der Waals surface area (Å²) < 4.78 is 10.4. The molecule has 5 nitrogen and oxygen atoms in total. The molecule has 0 bridgehead atoms. The first-order valence-corrected chi connectivity index (χ1v) is 7.88. The summed E-state index contributed by atoms with van der Waals surface area (Å²) in [7, 11) is 4.77. The minimum Gasteiger partial charge on any atom is -0.497 e. The van der Waals surface area contributed by atoms with Gasteiger partial charge < -0.3 is 19.7 Å². The van der Waals surface area contributed by atoms with Crippen LogP contribution in [0, 0.1) is 0 Å². The van der Waals surface area contributed by atoms with Gasteiger partial charge in [-0.3, -0.25) is 0 Å². The van der Waals surface area contributed by atoms with E-state index in [4.69, 9.17) is 32.7 Å². The van der Waals surface area contributed by atoms with E-state index in [0.717, 1.165) is 5.56 Å². The molecule has 0 aliphatic carbocycles. The molecular formula is C17H18Cl2N2O3. The summed E-state index contributed by atoms with van der Waals surface area (Å²) in [5.41, 5.74) is 1.34. The Balaban J connectivity index is 2.10.